The predicted molar refractivity (Wildman–Crippen MR) is 90.8 cm³/mol. The smallest absolute Gasteiger partial charge is 0.337 e. The Kier molecular flexibility index (Phi) is 4.19. The minimum atomic E-state index is -1.32. The number of aromatic nitrogens is 1. The van der Waals surface area contributed by atoms with Gasteiger partial charge in [-0.15, -0.1) is 0 Å². The van der Waals surface area contributed by atoms with Crippen LogP contribution < -0.4 is 5.32 Å². The Balaban J connectivity index is 2.24. The Morgan fingerprint density at radius 1 is 1.25 bits per heavy atom. The molecule has 7 heteroatoms. The van der Waals surface area contributed by atoms with Crippen LogP contribution in [0, 0.1) is 18.6 Å². The minimum absolute atomic E-state index is 0.0278. The summed E-state index contributed by atoms with van der Waals surface area (Å²) in [5, 5.41) is 12.3. The highest BCUT2D eigenvalue weighted by molar-refractivity contribution is 9.10. The van der Waals surface area contributed by atoms with Crippen molar-refractivity contribution in [1.82, 2.24) is 4.98 Å². The fraction of sp³-hybridized carbons (Fsp3) is 0.0588. The van der Waals surface area contributed by atoms with Crippen molar-refractivity contribution in [2.45, 2.75) is 6.92 Å². The Labute approximate surface area is 144 Å². The van der Waals surface area contributed by atoms with E-state index < -0.39 is 17.6 Å². The van der Waals surface area contributed by atoms with Crippen LogP contribution in [0.2, 0.25) is 0 Å². The molecular formula is C17H11BrF2N2O2. The number of nitrogens with one attached hydrogen (secondary N) is 1. The van der Waals surface area contributed by atoms with Crippen LogP contribution in [0.1, 0.15) is 15.9 Å². The predicted octanol–water partition coefficient (Wildman–Crippen LogP) is 5.03. The largest absolute Gasteiger partial charge is 0.478 e. The second-order valence-electron chi connectivity index (χ2n) is 5.19. The van der Waals surface area contributed by atoms with Gasteiger partial charge in [-0.1, -0.05) is 15.9 Å². The van der Waals surface area contributed by atoms with Gasteiger partial charge in [-0.2, -0.15) is 0 Å². The fourth-order valence-corrected chi connectivity index (χ4v) is 2.73. The number of pyridine rings is 1. The van der Waals surface area contributed by atoms with Gasteiger partial charge in [-0.3, -0.25) is 4.98 Å². The molecule has 1 heterocycles. The standard InChI is InChI=1S/C17H11BrF2N2O2/c1-8-4-5-21-15-10(8)7-11(17(23)24)16(14(15)20)22-13-3-2-9(18)6-12(13)19/h2-7,22H,1H3,(H,23,24). The number of carbonyl (C=O) groups is 1. The lowest BCUT2D eigenvalue weighted by Crippen LogP contribution is -2.07. The molecule has 2 aromatic carbocycles. The number of anilines is 2. The summed E-state index contributed by atoms with van der Waals surface area (Å²) in [5.41, 5.74) is 0.0714. The molecule has 2 N–H and O–H groups in total. The Hall–Kier alpha value is -2.54. The number of aryl methyl sites for hydroxylation is 1. The van der Waals surface area contributed by atoms with E-state index in [1.54, 1.807) is 19.1 Å². The Morgan fingerprint density at radius 2 is 2.00 bits per heavy atom. The van der Waals surface area contributed by atoms with Crippen LogP contribution in [0.4, 0.5) is 20.2 Å². The molecule has 3 rings (SSSR count). The molecule has 122 valence electrons. The van der Waals surface area contributed by atoms with Crippen LogP contribution in [-0.2, 0) is 0 Å². The van der Waals surface area contributed by atoms with Crippen LogP contribution in [0.15, 0.2) is 41.0 Å². The quantitative estimate of drug-likeness (QED) is 0.656. The van der Waals surface area contributed by atoms with Crippen molar-refractivity contribution in [2.24, 2.45) is 0 Å². The van der Waals surface area contributed by atoms with Crippen molar-refractivity contribution in [3.8, 4) is 0 Å². The molecule has 0 aliphatic rings. The highest BCUT2D eigenvalue weighted by Gasteiger charge is 2.21. The molecule has 0 amide bonds. The normalized spacial score (nSPS) is 10.8. The molecule has 0 saturated carbocycles. The summed E-state index contributed by atoms with van der Waals surface area (Å²) in [4.78, 5) is 15.5. The van der Waals surface area contributed by atoms with Gasteiger partial charge in [0, 0.05) is 16.1 Å². The number of nitrogens with zero attached hydrogens (tertiary/aromatic N) is 1. The van der Waals surface area contributed by atoms with E-state index in [9.17, 15) is 18.7 Å². The van der Waals surface area contributed by atoms with Crippen molar-refractivity contribution < 1.29 is 18.7 Å². The first kappa shape index (κ1) is 16.3. The Morgan fingerprint density at radius 3 is 2.67 bits per heavy atom. The van der Waals surface area contributed by atoms with Crippen molar-refractivity contribution >= 4 is 44.2 Å². The number of carboxylic acid groups (broad SMARTS) is 1. The molecule has 4 nitrogen and oxygen atoms in total. The number of hydrogen-bond acceptors (Lipinski definition) is 3. The molecule has 0 fully saturated rings. The highest BCUT2D eigenvalue weighted by atomic mass is 79.9. The van der Waals surface area contributed by atoms with Gasteiger partial charge in [0.25, 0.3) is 0 Å². The Bertz CT molecular complexity index is 976. The van der Waals surface area contributed by atoms with Crippen LogP contribution in [0.25, 0.3) is 10.9 Å². The van der Waals surface area contributed by atoms with Crippen molar-refractivity contribution in [2.75, 3.05) is 5.32 Å². The molecule has 0 radical (unpaired) electrons. The molecule has 0 spiro atoms. The van der Waals surface area contributed by atoms with Gasteiger partial charge < -0.3 is 10.4 Å². The van der Waals surface area contributed by atoms with E-state index in [0.717, 1.165) is 0 Å². The third-order valence-corrected chi connectivity index (χ3v) is 4.11. The van der Waals surface area contributed by atoms with Gasteiger partial charge >= 0.3 is 5.97 Å². The minimum Gasteiger partial charge on any atom is -0.478 e. The first-order valence-corrected chi connectivity index (χ1v) is 7.71. The molecule has 0 saturated heterocycles. The molecule has 0 aliphatic heterocycles. The number of hydrogen-bond donors (Lipinski definition) is 2. The molecule has 3 aromatic rings. The van der Waals surface area contributed by atoms with Crippen molar-refractivity contribution in [1.29, 1.82) is 0 Å². The van der Waals surface area contributed by atoms with Crippen molar-refractivity contribution in [3.05, 3.63) is 63.8 Å². The van der Waals surface area contributed by atoms with Crippen LogP contribution in [0.3, 0.4) is 0 Å². The van der Waals surface area contributed by atoms with Gasteiger partial charge in [-0.25, -0.2) is 13.6 Å². The second-order valence-corrected chi connectivity index (χ2v) is 6.11. The SMILES string of the molecule is Cc1ccnc2c(F)c(Nc3ccc(Br)cc3F)c(C(=O)O)cc12. The molecule has 0 unspecified atom stereocenters. The third kappa shape index (κ3) is 2.82. The van der Waals surface area contributed by atoms with E-state index in [2.05, 4.69) is 26.2 Å². The third-order valence-electron chi connectivity index (χ3n) is 3.61. The van der Waals surface area contributed by atoms with E-state index in [1.165, 1.54) is 24.4 Å². The lowest BCUT2D eigenvalue weighted by molar-refractivity contribution is 0.0697. The average Bonchev–Trinajstić information content (AvgIpc) is 2.52. The second kappa shape index (κ2) is 6.16. The van der Waals surface area contributed by atoms with Crippen LogP contribution in [-0.4, -0.2) is 16.1 Å². The zero-order valence-electron chi connectivity index (χ0n) is 12.4. The van der Waals surface area contributed by atoms with Crippen LogP contribution >= 0.6 is 15.9 Å². The summed E-state index contributed by atoms with van der Waals surface area (Å²) in [7, 11) is 0. The fourth-order valence-electron chi connectivity index (χ4n) is 2.40. The molecular weight excluding hydrogens is 382 g/mol. The maximum atomic E-state index is 14.8. The zero-order valence-corrected chi connectivity index (χ0v) is 14.0. The molecule has 0 aliphatic carbocycles. The monoisotopic (exact) mass is 392 g/mol. The summed E-state index contributed by atoms with van der Waals surface area (Å²) < 4.78 is 29.4. The lowest BCUT2D eigenvalue weighted by atomic mass is 10.0. The topological polar surface area (TPSA) is 62.2 Å². The highest BCUT2D eigenvalue weighted by Crippen LogP contribution is 2.32. The maximum Gasteiger partial charge on any atom is 0.337 e. The van der Waals surface area contributed by atoms with Gasteiger partial charge in [0.2, 0.25) is 0 Å². The summed E-state index contributed by atoms with van der Waals surface area (Å²) >= 11 is 3.13. The molecule has 0 atom stereocenters. The number of halogens is 3. The molecule has 24 heavy (non-hydrogen) atoms. The number of benzene rings is 2. The molecule has 0 bridgehead atoms. The number of carboxylic acids is 1. The molecule has 1 aromatic heterocycles. The van der Waals surface area contributed by atoms with Gasteiger partial charge in [0.15, 0.2) is 5.82 Å². The van der Waals surface area contributed by atoms with E-state index in [4.69, 9.17) is 0 Å². The van der Waals surface area contributed by atoms with E-state index in [0.29, 0.717) is 15.4 Å². The van der Waals surface area contributed by atoms with E-state index in [1.807, 2.05) is 0 Å². The van der Waals surface area contributed by atoms with E-state index in [-0.39, 0.29) is 22.5 Å². The maximum absolute atomic E-state index is 14.8. The van der Waals surface area contributed by atoms with Crippen molar-refractivity contribution in [3.63, 3.8) is 0 Å². The zero-order chi connectivity index (χ0) is 17.4. The number of rotatable bonds is 3. The van der Waals surface area contributed by atoms with Crippen LogP contribution in [0.5, 0.6) is 0 Å². The van der Waals surface area contributed by atoms with E-state index >= 15 is 0 Å². The van der Waals surface area contributed by atoms with Gasteiger partial charge in [0.05, 0.1) is 16.9 Å². The average molecular weight is 393 g/mol. The summed E-state index contributed by atoms with van der Waals surface area (Å²) in [6.45, 7) is 1.73. The first-order valence-electron chi connectivity index (χ1n) is 6.91. The van der Waals surface area contributed by atoms with Gasteiger partial charge in [0.1, 0.15) is 11.3 Å². The summed E-state index contributed by atoms with van der Waals surface area (Å²) in [6, 6.07) is 7.15. The number of aromatic carboxylic acids is 1. The summed E-state index contributed by atoms with van der Waals surface area (Å²) in [5.74, 6) is -2.80. The summed E-state index contributed by atoms with van der Waals surface area (Å²) in [6.07, 6.45) is 1.44. The lowest BCUT2D eigenvalue weighted by Gasteiger charge is -2.14. The number of fused-ring (bicyclic) bond motifs is 1. The van der Waals surface area contributed by atoms with Gasteiger partial charge in [-0.05, 0) is 42.8 Å². The first-order chi connectivity index (χ1) is 11.4.